The van der Waals surface area contributed by atoms with E-state index in [1.807, 2.05) is 43.3 Å². The van der Waals surface area contributed by atoms with Crippen LogP contribution in [0.2, 0.25) is 0 Å². The van der Waals surface area contributed by atoms with Crippen molar-refractivity contribution in [3.8, 4) is 0 Å². The van der Waals surface area contributed by atoms with Gasteiger partial charge >= 0.3 is 5.69 Å². The second kappa shape index (κ2) is 8.58. The van der Waals surface area contributed by atoms with E-state index in [-0.39, 0.29) is 30.4 Å². The Morgan fingerprint density at radius 2 is 1.58 bits per heavy atom. The molecule has 0 saturated carbocycles. The zero-order chi connectivity index (χ0) is 17.8. The maximum atomic E-state index is 12.7. The van der Waals surface area contributed by atoms with Gasteiger partial charge in [0, 0.05) is 19.5 Å². The lowest BCUT2D eigenvalue weighted by Crippen LogP contribution is -2.26. The van der Waals surface area contributed by atoms with Crippen LogP contribution in [-0.4, -0.2) is 15.0 Å². The molecule has 1 aromatic heterocycles. The summed E-state index contributed by atoms with van der Waals surface area (Å²) in [4.78, 5) is 24.9. The number of nitrogens with zero attached hydrogens (tertiary/aromatic N) is 2. The monoisotopic (exact) mass is 374 g/mol. The summed E-state index contributed by atoms with van der Waals surface area (Å²) in [6, 6.07) is 14.8. The van der Waals surface area contributed by atoms with Crippen molar-refractivity contribution >= 4 is 40.7 Å². The third kappa shape index (κ3) is 3.91. The zero-order valence-electron chi connectivity index (χ0n) is 14.6. The molecule has 2 aromatic carbocycles. The summed E-state index contributed by atoms with van der Waals surface area (Å²) in [7, 11) is 0. The van der Waals surface area contributed by atoms with Gasteiger partial charge in [0.05, 0.1) is 22.4 Å². The van der Waals surface area contributed by atoms with Crippen molar-refractivity contribution in [3.05, 3.63) is 59.0 Å². The highest BCUT2D eigenvalue weighted by molar-refractivity contribution is 5.93. The Kier molecular flexibility index (Phi) is 6.46. The van der Waals surface area contributed by atoms with Gasteiger partial charge in [0.1, 0.15) is 0 Å². The van der Waals surface area contributed by atoms with Crippen molar-refractivity contribution in [2.45, 2.75) is 32.9 Å². The first-order chi connectivity index (χ1) is 12.1. The highest BCUT2D eigenvalue weighted by Gasteiger charge is 2.13. The van der Waals surface area contributed by atoms with Crippen LogP contribution in [0.3, 0.4) is 0 Å². The summed E-state index contributed by atoms with van der Waals surface area (Å²) in [5.74, 6) is -0.169. The van der Waals surface area contributed by atoms with E-state index < -0.39 is 0 Å². The maximum absolute atomic E-state index is 12.7. The Balaban J connectivity index is 0.00000243. The minimum Gasteiger partial charge on any atom is -0.397 e. The quantitative estimate of drug-likeness (QED) is 0.650. The van der Waals surface area contributed by atoms with Crippen LogP contribution in [0.5, 0.6) is 0 Å². The van der Waals surface area contributed by atoms with Crippen molar-refractivity contribution < 1.29 is 4.79 Å². The van der Waals surface area contributed by atoms with E-state index in [1.165, 1.54) is 0 Å². The maximum Gasteiger partial charge on any atom is 0.329 e. The number of rotatable bonds is 6. The number of nitrogen functional groups attached to an aromatic ring is 1. The van der Waals surface area contributed by atoms with Crippen molar-refractivity contribution in [2.75, 3.05) is 11.1 Å². The average Bonchev–Trinajstić information content (AvgIpc) is 2.88. The number of amides is 1. The molecule has 6 nitrogen and oxygen atoms in total. The Morgan fingerprint density at radius 1 is 1.00 bits per heavy atom. The molecule has 1 amide bonds. The molecule has 0 aliphatic heterocycles. The lowest BCUT2D eigenvalue weighted by Gasteiger charge is -2.08. The number of fused-ring (bicyclic) bond motifs is 1. The second-order valence-corrected chi connectivity index (χ2v) is 5.96. The molecule has 0 radical (unpaired) electrons. The first kappa shape index (κ1) is 19.6. The number of anilines is 2. The molecule has 0 unspecified atom stereocenters. The third-order valence-electron chi connectivity index (χ3n) is 4.17. The molecule has 3 rings (SSSR count). The molecule has 3 aromatic rings. The summed E-state index contributed by atoms with van der Waals surface area (Å²) in [5, 5.41) is 2.79. The molecule has 0 fully saturated rings. The molecule has 0 bridgehead atoms. The van der Waals surface area contributed by atoms with Crippen LogP contribution in [0.25, 0.3) is 11.0 Å². The first-order valence-corrected chi connectivity index (χ1v) is 8.44. The fraction of sp³-hybridized carbons (Fsp3) is 0.263. The van der Waals surface area contributed by atoms with Crippen LogP contribution in [-0.2, 0) is 17.9 Å². The van der Waals surface area contributed by atoms with Crippen LogP contribution in [0.4, 0.5) is 11.4 Å². The summed E-state index contributed by atoms with van der Waals surface area (Å²) >= 11 is 0. The van der Waals surface area contributed by atoms with Crippen LogP contribution >= 0.6 is 12.4 Å². The molecule has 138 valence electrons. The van der Waals surface area contributed by atoms with Crippen LogP contribution in [0.15, 0.2) is 53.3 Å². The molecular weight excluding hydrogens is 352 g/mol. The summed E-state index contributed by atoms with van der Waals surface area (Å²) in [6.45, 7) is 3.03. The van der Waals surface area contributed by atoms with Crippen LogP contribution in [0, 0.1) is 0 Å². The number of imidazole rings is 1. The number of halogens is 1. The molecule has 0 atom stereocenters. The van der Waals surface area contributed by atoms with Gasteiger partial charge in [-0.1, -0.05) is 31.2 Å². The normalized spacial score (nSPS) is 10.5. The van der Waals surface area contributed by atoms with Crippen LogP contribution in [0.1, 0.15) is 19.8 Å². The smallest absolute Gasteiger partial charge is 0.329 e. The largest absolute Gasteiger partial charge is 0.397 e. The van der Waals surface area contributed by atoms with E-state index in [2.05, 4.69) is 5.32 Å². The van der Waals surface area contributed by atoms with Gasteiger partial charge in [-0.15, -0.1) is 12.4 Å². The number of aromatic nitrogens is 2. The lowest BCUT2D eigenvalue weighted by atomic mass is 10.2. The highest BCUT2D eigenvalue weighted by atomic mass is 35.5. The number of carbonyl (C=O) groups excluding carboxylic acids is 1. The van der Waals surface area contributed by atoms with Gasteiger partial charge in [-0.25, -0.2) is 4.79 Å². The molecule has 0 aliphatic rings. The minimum absolute atomic E-state index is 0. The zero-order valence-corrected chi connectivity index (χ0v) is 15.5. The van der Waals surface area contributed by atoms with E-state index in [9.17, 15) is 9.59 Å². The van der Waals surface area contributed by atoms with Gasteiger partial charge in [0.2, 0.25) is 5.91 Å². The Morgan fingerprint density at radius 3 is 2.19 bits per heavy atom. The third-order valence-corrected chi connectivity index (χ3v) is 4.17. The first-order valence-electron chi connectivity index (χ1n) is 8.44. The number of nitrogens with one attached hydrogen (secondary N) is 1. The average molecular weight is 375 g/mol. The number of hydrogen-bond acceptors (Lipinski definition) is 3. The predicted octanol–water partition coefficient (Wildman–Crippen LogP) is 3.25. The summed E-state index contributed by atoms with van der Waals surface area (Å²) < 4.78 is 3.43. The standard InChI is InChI=1S/C19H22N4O2.ClH/c1-2-12-22-16-9-5-6-10-17(16)23(19(22)25)13-11-18(24)21-15-8-4-3-7-14(15)20;/h3-10H,2,11-13,20H2,1H3,(H,21,24);1H. The Labute approximate surface area is 158 Å². The minimum atomic E-state index is -0.169. The number of carbonyl (C=O) groups is 1. The number of aryl methyl sites for hydroxylation is 2. The molecule has 0 saturated heterocycles. The van der Waals surface area contributed by atoms with Gasteiger partial charge in [0.25, 0.3) is 0 Å². The van der Waals surface area contributed by atoms with Gasteiger partial charge in [-0.2, -0.15) is 0 Å². The molecule has 3 N–H and O–H groups in total. The van der Waals surface area contributed by atoms with Gasteiger partial charge in [-0.3, -0.25) is 13.9 Å². The van der Waals surface area contributed by atoms with E-state index in [0.29, 0.717) is 24.5 Å². The van der Waals surface area contributed by atoms with Crippen molar-refractivity contribution in [1.29, 1.82) is 0 Å². The Bertz CT molecular complexity index is 962. The molecule has 1 heterocycles. The molecule has 0 spiro atoms. The summed E-state index contributed by atoms with van der Waals surface area (Å²) in [5.41, 5.74) is 8.64. The molecule has 7 heteroatoms. The van der Waals surface area contributed by atoms with Crippen molar-refractivity contribution in [1.82, 2.24) is 9.13 Å². The van der Waals surface area contributed by atoms with E-state index in [0.717, 1.165) is 17.5 Å². The number of benzene rings is 2. The fourth-order valence-electron chi connectivity index (χ4n) is 2.97. The predicted molar refractivity (Wildman–Crippen MR) is 108 cm³/mol. The number of hydrogen-bond donors (Lipinski definition) is 2. The number of para-hydroxylation sites is 4. The van der Waals surface area contributed by atoms with Gasteiger partial charge < -0.3 is 11.1 Å². The van der Waals surface area contributed by atoms with E-state index >= 15 is 0 Å². The Hall–Kier alpha value is -2.73. The van der Waals surface area contributed by atoms with Crippen molar-refractivity contribution in [2.24, 2.45) is 0 Å². The molecular formula is C19H23ClN4O2. The van der Waals surface area contributed by atoms with Gasteiger partial charge in [0.15, 0.2) is 0 Å². The molecule has 26 heavy (non-hydrogen) atoms. The topological polar surface area (TPSA) is 82.0 Å². The van der Waals surface area contributed by atoms with Crippen LogP contribution < -0.4 is 16.7 Å². The molecule has 0 aliphatic carbocycles. The fourth-order valence-corrected chi connectivity index (χ4v) is 2.97. The van der Waals surface area contributed by atoms with Gasteiger partial charge in [-0.05, 0) is 30.7 Å². The van der Waals surface area contributed by atoms with E-state index in [4.69, 9.17) is 5.73 Å². The van der Waals surface area contributed by atoms with Crippen molar-refractivity contribution in [3.63, 3.8) is 0 Å². The lowest BCUT2D eigenvalue weighted by molar-refractivity contribution is -0.116. The SMILES string of the molecule is CCCn1c(=O)n(CCC(=O)Nc2ccccc2N)c2ccccc21.Cl. The highest BCUT2D eigenvalue weighted by Crippen LogP contribution is 2.17. The number of nitrogens with two attached hydrogens (primary N) is 1. The second-order valence-electron chi connectivity index (χ2n) is 5.96. The van der Waals surface area contributed by atoms with E-state index in [1.54, 1.807) is 21.3 Å². The summed E-state index contributed by atoms with van der Waals surface area (Å²) in [6.07, 6.45) is 1.08.